The zero-order valence-electron chi connectivity index (χ0n) is 20.4. The maximum absolute atomic E-state index is 13.3. The van der Waals surface area contributed by atoms with Crippen molar-refractivity contribution in [3.63, 3.8) is 0 Å². The van der Waals surface area contributed by atoms with E-state index < -0.39 is 0 Å². The van der Waals surface area contributed by atoms with Gasteiger partial charge in [-0.1, -0.05) is 42.5 Å². The quantitative estimate of drug-likeness (QED) is 0.375. The van der Waals surface area contributed by atoms with Crippen LogP contribution in [0.3, 0.4) is 0 Å². The Hall–Kier alpha value is -3.68. The Kier molecular flexibility index (Phi) is 7.19. The van der Waals surface area contributed by atoms with E-state index in [1.165, 1.54) is 4.57 Å². The van der Waals surface area contributed by atoms with E-state index in [0.717, 1.165) is 29.9 Å². The van der Waals surface area contributed by atoms with Crippen LogP contribution in [0.25, 0.3) is 28.2 Å². The van der Waals surface area contributed by atoms with Gasteiger partial charge in [-0.2, -0.15) is 4.98 Å². The maximum Gasteiger partial charge on any atom is 0.260 e. The van der Waals surface area contributed by atoms with Gasteiger partial charge in [-0.05, 0) is 50.0 Å². The van der Waals surface area contributed by atoms with Gasteiger partial charge in [0.1, 0.15) is 5.65 Å². The van der Waals surface area contributed by atoms with Crippen LogP contribution in [0.2, 0.25) is 5.02 Å². The van der Waals surface area contributed by atoms with Crippen molar-refractivity contribution in [3.05, 3.63) is 82.2 Å². The lowest BCUT2D eigenvalue weighted by atomic mass is 9.99. The molecule has 35 heavy (non-hydrogen) atoms. The molecule has 4 rings (SSSR count). The summed E-state index contributed by atoms with van der Waals surface area (Å²) in [4.78, 5) is 26.9. The first kappa shape index (κ1) is 24.4. The Balaban J connectivity index is 1.67. The standard InChI is InChI=1S/C27H29ClN6O/c1-6-20-22-17-29-27(30-18-11-13-19(14-12-18)33(4)16-15-32(2)3)31-25(22)34(5)26(35)24(20)21-9-7-8-10-23(21)28/h6-14,17H,1,15-16H2,2-5H3,(H,29,30,31). The normalized spacial score (nSPS) is 11.1. The van der Waals surface area contributed by atoms with Crippen LogP contribution in [0.5, 0.6) is 0 Å². The predicted octanol–water partition coefficient (Wildman–Crippen LogP) is 5.03. The summed E-state index contributed by atoms with van der Waals surface area (Å²) in [6.07, 6.45) is 3.37. The lowest BCUT2D eigenvalue weighted by Crippen LogP contribution is -2.28. The molecule has 0 amide bonds. The number of benzene rings is 2. The predicted molar refractivity (Wildman–Crippen MR) is 147 cm³/mol. The molecule has 180 valence electrons. The number of rotatable bonds is 8. The highest BCUT2D eigenvalue weighted by Crippen LogP contribution is 2.32. The van der Waals surface area contributed by atoms with Gasteiger partial charge in [0, 0.05) is 60.7 Å². The number of aromatic nitrogens is 3. The second kappa shape index (κ2) is 10.3. The van der Waals surface area contributed by atoms with E-state index in [9.17, 15) is 4.79 Å². The van der Waals surface area contributed by atoms with Crippen LogP contribution in [-0.2, 0) is 7.05 Å². The molecule has 0 unspecified atom stereocenters. The molecule has 0 aliphatic rings. The highest BCUT2D eigenvalue weighted by atomic mass is 35.5. The molecule has 0 radical (unpaired) electrons. The molecule has 0 saturated heterocycles. The summed E-state index contributed by atoms with van der Waals surface area (Å²) in [5, 5.41) is 4.47. The molecule has 0 aliphatic heterocycles. The minimum absolute atomic E-state index is 0.199. The van der Waals surface area contributed by atoms with Gasteiger partial charge in [-0.3, -0.25) is 9.36 Å². The molecule has 8 heteroatoms. The van der Waals surface area contributed by atoms with Gasteiger partial charge in [0.05, 0.1) is 5.56 Å². The number of hydrogen-bond donors (Lipinski definition) is 1. The number of nitrogens with one attached hydrogen (secondary N) is 1. The van der Waals surface area contributed by atoms with Gasteiger partial charge in [0.25, 0.3) is 5.56 Å². The number of likely N-dealkylation sites (N-methyl/N-ethyl adjacent to an activating group) is 2. The number of fused-ring (bicyclic) bond motifs is 1. The Morgan fingerprint density at radius 2 is 1.80 bits per heavy atom. The number of anilines is 3. The minimum atomic E-state index is -0.199. The van der Waals surface area contributed by atoms with Crippen LogP contribution in [0.4, 0.5) is 17.3 Å². The van der Waals surface area contributed by atoms with Crippen molar-refractivity contribution in [2.75, 3.05) is 44.4 Å². The van der Waals surface area contributed by atoms with Crippen LogP contribution in [0.1, 0.15) is 5.56 Å². The molecule has 0 saturated carbocycles. The third kappa shape index (κ3) is 5.06. The number of halogens is 1. The van der Waals surface area contributed by atoms with Crippen molar-refractivity contribution in [2.45, 2.75) is 0 Å². The summed E-state index contributed by atoms with van der Waals surface area (Å²) in [5.41, 5.74) is 4.10. The molecule has 2 aromatic carbocycles. The third-order valence-corrected chi connectivity index (χ3v) is 6.29. The second-order valence-corrected chi connectivity index (χ2v) is 9.07. The largest absolute Gasteiger partial charge is 0.373 e. The second-order valence-electron chi connectivity index (χ2n) is 8.66. The van der Waals surface area contributed by atoms with Gasteiger partial charge in [-0.25, -0.2) is 4.98 Å². The van der Waals surface area contributed by atoms with E-state index in [1.807, 2.05) is 30.3 Å². The summed E-state index contributed by atoms with van der Waals surface area (Å²) in [6, 6.07) is 15.4. The summed E-state index contributed by atoms with van der Waals surface area (Å²) >= 11 is 6.41. The number of hydrogen-bond acceptors (Lipinski definition) is 6. The van der Waals surface area contributed by atoms with E-state index >= 15 is 0 Å². The Morgan fingerprint density at radius 3 is 2.46 bits per heavy atom. The van der Waals surface area contributed by atoms with Crippen molar-refractivity contribution in [2.24, 2.45) is 7.05 Å². The topological polar surface area (TPSA) is 66.3 Å². The van der Waals surface area contributed by atoms with Crippen LogP contribution in [0, 0.1) is 0 Å². The summed E-state index contributed by atoms with van der Waals surface area (Å²) < 4.78 is 1.52. The lowest BCUT2D eigenvalue weighted by molar-refractivity contribution is 0.416. The van der Waals surface area contributed by atoms with Gasteiger partial charge in [-0.15, -0.1) is 0 Å². The van der Waals surface area contributed by atoms with Crippen molar-refractivity contribution < 1.29 is 0 Å². The molecule has 0 bridgehead atoms. The first-order valence-electron chi connectivity index (χ1n) is 11.3. The van der Waals surface area contributed by atoms with Crippen LogP contribution in [-0.4, -0.2) is 53.7 Å². The number of pyridine rings is 1. The zero-order chi connectivity index (χ0) is 25.1. The number of aryl methyl sites for hydroxylation is 1. The first-order chi connectivity index (χ1) is 16.8. The van der Waals surface area contributed by atoms with Crippen LogP contribution >= 0.6 is 11.6 Å². The highest BCUT2D eigenvalue weighted by molar-refractivity contribution is 6.33. The number of nitrogens with zero attached hydrogens (tertiary/aromatic N) is 5. The Labute approximate surface area is 210 Å². The molecule has 2 aromatic heterocycles. The van der Waals surface area contributed by atoms with E-state index in [1.54, 1.807) is 25.4 Å². The monoisotopic (exact) mass is 488 g/mol. The average molecular weight is 489 g/mol. The van der Waals surface area contributed by atoms with Crippen molar-refractivity contribution in [3.8, 4) is 11.1 Å². The van der Waals surface area contributed by atoms with Crippen molar-refractivity contribution in [1.82, 2.24) is 19.4 Å². The maximum atomic E-state index is 13.3. The van der Waals surface area contributed by atoms with E-state index in [4.69, 9.17) is 11.6 Å². The molecular formula is C27H29ClN6O. The van der Waals surface area contributed by atoms with Crippen LogP contribution in [0.15, 0.2) is 66.1 Å². The lowest BCUT2D eigenvalue weighted by Gasteiger charge is -2.21. The van der Waals surface area contributed by atoms with Gasteiger partial charge >= 0.3 is 0 Å². The molecule has 0 aliphatic carbocycles. The van der Waals surface area contributed by atoms with E-state index in [-0.39, 0.29) is 5.56 Å². The zero-order valence-corrected chi connectivity index (χ0v) is 21.2. The highest BCUT2D eigenvalue weighted by Gasteiger charge is 2.18. The molecule has 0 spiro atoms. The molecule has 0 atom stereocenters. The molecule has 2 heterocycles. The van der Waals surface area contributed by atoms with Gasteiger partial charge in [0.15, 0.2) is 0 Å². The molecular weight excluding hydrogens is 460 g/mol. The average Bonchev–Trinajstić information content (AvgIpc) is 2.85. The summed E-state index contributed by atoms with van der Waals surface area (Å²) in [6.45, 7) is 5.85. The molecule has 7 nitrogen and oxygen atoms in total. The molecule has 0 fully saturated rings. The fourth-order valence-electron chi connectivity index (χ4n) is 3.94. The Morgan fingerprint density at radius 1 is 1.09 bits per heavy atom. The fraction of sp³-hybridized carbons (Fsp3) is 0.222. The van der Waals surface area contributed by atoms with E-state index in [2.05, 4.69) is 64.9 Å². The Bertz CT molecular complexity index is 1430. The molecule has 4 aromatic rings. The molecule has 1 N–H and O–H groups in total. The van der Waals surface area contributed by atoms with Crippen molar-refractivity contribution >= 4 is 46.0 Å². The smallest absolute Gasteiger partial charge is 0.260 e. The first-order valence-corrected chi connectivity index (χ1v) is 11.7. The minimum Gasteiger partial charge on any atom is -0.373 e. The SMILES string of the molecule is C=Cc1c(-c2ccccc2Cl)c(=O)n(C)c2nc(Nc3ccc(N(C)CCN(C)C)cc3)ncc12. The van der Waals surface area contributed by atoms with Crippen molar-refractivity contribution in [1.29, 1.82) is 0 Å². The van der Waals surface area contributed by atoms with Gasteiger partial charge in [0.2, 0.25) is 5.95 Å². The van der Waals surface area contributed by atoms with E-state index in [0.29, 0.717) is 33.3 Å². The van der Waals surface area contributed by atoms with Gasteiger partial charge < -0.3 is 15.1 Å². The fourth-order valence-corrected chi connectivity index (χ4v) is 4.17. The van der Waals surface area contributed by atoms with Crippen LogP contribution < -0.4 is 15.8 Å². The third-order valence-electron chi connectivity index (χ3n) is 5.96. The summed E-state index contributed by atoms with van der Waals surface area (Å²) in [5.74, 6) is 0.404. The summed E-state index contributed by atoms with van der Waals surface area (Å²) in [7, 11) is 7.91.